The van der Waals surface area contributed by atoms with Crippen molar-refractivity contribution in [2.75, 3.05) is 5.32 Å². The molecular weight excluding hydrogens is 356 g/mol. The lowest BCUT2D eigenvalue weighted by atomic mass is 9.95. The van der Waals surface area contributed by atoms with E-state index in [0.717, 1.165) is 22.9 Å². The van der Waals surface area contributed by atoms with Crippen molar-refractivity contribution in [1.82, 2.24) is 15.0 Å². The summed E-state index contributed by atoms with van der Waals surface area (Å²) in [5.41, 5.74) is 0.866. The first kappa shape index (κ1) is 15.9. The highest BCUT2D eigenvalue weighted by Gasteiger charge is 2.21. The molecule has 2 rings (SSSR count). The summed E-state index contributed by atoms with van der Waals surface area (Å²) < 4.78 is 0.847. The Labute approximate surface area is 136 Å². The fraction of sp³-hybridized carbons (Fsp3) is 0.286. The zero-order chi connectivity index (χ0) is 15.2. The second-order valence-corrected chi connectivity index (χ2v) is 5.79. The van der Waals surface area contributed by atoms with Gasteiger partial charge < -0.3 is 5.32 Å². The molecule has 0 radical (unpaired) electrons. The monoisotopic (exact) mass is 368 g/mol. The number of nitrogens with zero attached hydrogens (tertiary/aromatic N) is 3. The zero-order valence-corrected chi connectivity index (χ0v) is 13.7. The second kappa shape index (κ2) is 7.47. The molecule has 1 unspecified atom stereocenters. The molecule has 0 aliphatic heterocycles. The standard InChI is InChI=1S/C14H14BrClN4O/c1-2-3-11(9-4-10(15)6-17-5-9)14(21)20-13-8-18-12(16)7-19-13/h4-8,11H,2-3H2,1H3,(H,19,20,21). The molecule has 1 atom stereocenters. The summed E-state index contributed by atoms with van der Waals surface area (Å²) in [4.78, 5) is 24.5. The van der Waals surface area contributed by atoms with E-state index in [1.165, 1.54) is 12.4 Å². The minimum Gasteiger partial charge on any atom is -0.309 e. The van der Waals surface area contributed by atoms with Crippen LogP contribution in [0.1, 0.15) is 31.2 Å². The van der Waals surface area contributed by atoms with Gasteiger partial charge in [-0.15, -0.1) is 0 Å². The Hall–Kier alpha value is -1.53. The number of pyridine rings is 1. The lowest BCUT2D eigenvalue weighted by Crippen LogP contribution is -2.22. The van der Waals surface area contributed by atoms with Gasteiger partial charge in [0.25, 0.3) is 0 Å². The molecule has 0 fully saturated rings. The minimum absolute atomic E-state index is 0.131. The third-order valence-corrected chi connectivity index (χ3v) is 3.52. The zero-order valence-electron chi connectivity index (χ0n) is 11.4. The van der Waals surface area contributed by atoms with E-state index in [9.17, 15) is 4.79 Å². The topological polar surface area (TPSA) is 67.8 Å². The fourth-order valence-electron chi connectivity index (χ4n) is 1.95. The van der Waals surface area contributed by atoms with E-state index in [4.69, 9.17) is 11.6 Å². The van der Waals surface area contributed by atoms with Crippen LogP contribution < -0.4 is 5.32 Å². The van der Waals surface area contributed by atoms with E-state index in [1.54, 1.807) is 12.4 Å². The van der Waals surface area contributed by atoms with Crippen LogP contribution in [0.2, 0.25) is 5.15 Å². The van der Waals surface area contributed by atoms with Crippen molar-refractivity contribution in [3.8, 4) is 0 Å². The van der Waals surface area contributed by atoms with Crippen LogP contribution in [0.15, 0.2) is 35.3 Å². The van der Waals surface area contributed by atoms with Crippen LogP contribution in [0, 0.1) is 0 Å². The van der Waals surface area contributed by atoms with Gasteiger partial charge in [0.05, 0.1) is 18.3 Å². The molecule has 0 bridgehead atoms. The first-order chi connectivity index (χ1) is 10.1. The molecule has 2 heterocycles. The predicted molar refractivity (Wildman–Crippen MR) is 85.3 cm³/mol. The lowest BCUT2D eigenvalue weighted by molar-refractivity contribution is -0.117. The normalized spacial score (nSPS) is 12.0. The van der Waals surface area contributed by atoms with Crippen LogP contribution in [0.4, 0.5) is 5.82 Å². The SMILES string of the molecule is CCCC(C(=O)Nc1cnc(Cl)cn1)c1cncc(Br)c1. The van der Waals surface area contributed by atoms with Gasteiger partial charge in [0.2, 0.25) is 5.91 Å². The first-order valence-electron chi connectivity index (χ1n) is 6.49. The Morgan fingerprint density at radius 1 is 1.33 bits per heavy atom. The molecular formula is C14H14BrClN4O. The van der Waals surface area contributed by atoms with Crippen LogP contribution in [-0.2, 0) is 4.79 Å². The Morgan fingerprint density at radius 2 is 2.14 bits per heavy atom. The summed E-state index contributed by atoms with van der Waals surface area (Å²) in [6.45, 7) is 2.04. The number of anilines is 1. The van der Waals surface area contributed by atoms with Gasteiger partial charge in [-0.1, -0.05) is 24.9 Å². The van der Waals surface area contributed by atoms with Gasteiger partial charge in [-0.3, -0.25) is 9.78 Å². The van der Waals surface area contributed by atoms with E-state index in [2.05, 4.69) is 36.2 Å². The highest BCUT2D eigenvalue weighted by atomic mass is 79.9. The van der Waals surface area contributed by atoms with Crippen LogP contribution in [0.5, 0.6) is 0 Å². The van der Waals surface area contributed by atoms with Crippen LogP contribution in [0.25, 0.3) is 0 Å². The predicted octanol–water partition coefficient (Wildman–Crippen LogP) is 3.81. The van der Waals surface area contributed by atoms with Crippen molar-refractivity contribution in [2.45, 2.75) is 25.7 Å². The number of hydrogen-bond acceptors (Lipinski definition) is 4. The minimum atomic E-state index is -0.280. The molecule has 0 aliphatic carbocycles. The van der Waals surface area contributed by atoms with E-state index < -0.39 is 0 Å². The van der Waals surface area contributed by atoms with E-state index >= 15 is 0 Å². The second-order valence-electron chi connectivity index (χ2n) is 4.49. The fourth-order valence-corrected chi connectivity index (χ4v) is 2.43. The van der Waals surface area contributed by atoms with Crippen LogP contribution in [-0.4, -0.2) is 20.9 Å². The van der Waals surface area contributed by atoms with Gasteiger partial charge in [0.15, 0.2) is 5.82 Å². The van der Waals surface area contributed by atoms with Crippen molar-refractivity contribution in [1.29, 1.82) is 0 Å². The third kappa shape index (κ3) is 4.47. The third-order valence-electron chi connectivity index (χ3n) is 2.89. The van der Waals surface area contributed by atoms with Crippen LogP contribution >= 0.6 is 27.5 Å². The molecule has 21 heavy (non-hydrogen) atoms. The van der Waals surface area contributed by atoms with Gasteiger partial charge in [0, 0.05) is 16.9 Å². The quantitative estimate of drug-likeness (QED) is 0.870. The largest absolute Gasteiger partial charge is 0.309 e. The molecule has 0 aliphatic rings. The van der Waals surface area contributed by atoms with E-state index in [0.29, 0.717) is 5.82 Å². The summed E-state index contributed by atoms with van der Waals surface area (Å²) in [5.74, 6) is -0.0284. The molecule has 1 amide bonds. The van der Waals surface area contributed by atoms with Gasteiger partial charge >= 0.3 is 0 Å². The molecule has 2 aromatic heterocycles. The molecule has 7 heteroatoms. The average Bonchev–Trinajstić information content (AvgIpc) is 2.47. The Balaban J connectivity index is 2.17. The lowest BCUT2D eigenvalue weighted by Gasteiger charge is -2.16. The Morgan fingerprint density at radius 3 is 2.76 bits per heavy atom. The average molecular weight is 370 g/mol. The van der Waals surface area contributed by atoms with E-state index in [1.807, 2.05) is 13.0 Å². The van der Waals surface area contributed by atoms with Crippen molar-refractivity contribution >= 4 is 39.3 Å². The number of carbonyl (C=O) groups excluding carboxylic acids is 1. The van der Waals surface area contributed by atoms with Crippen LogP contribution in [0.3, 0.4) is 0 Å². The van der Waals surface area contributed by atoms with Gasteiger partial charge in [-0.25, -0.2) is 9.97 Å². The summed E-state index contributed by atoms with van der Waals surface area (Å²) in [7, 11) is 0. The maximum Gasteiger partial charge on any atom is 0.233 e. The van der Waals surface area contributed by atoms with Crippen molar-refractivity contribution in [3.63, 3.8) is 0 Å². The molecule has 0 spiro atoms. The maximum atomic E-state index is 12.4. The van der Waals surface area contributed by atoms with Crippen molar-refractivity contribution < 1.29 is 4.79 Å². The van der Waals surface area contributed by atoms with Gasteiger partial charge in [-0.2, -0.15) is 0 Å². The number of halogens is 2. The molecule has 0 saturated carbocycles. The van der Waals surface area contributed by atoms with Gasteiger partial charge in [0.1, 0.15) is 5.15 Å². The summed E-state index contributed by atoms with van der Waals surface area (Å²) in [6.07, 6.45) is 7.84. The number of hydrogen-bond donors (Lipinski definition) is 1. The summed E-state index contributed by atoms with van der Waals surface area (Å²) in [5, 5.41) is 3.04. The van der Waals surface area contributed by atoms with Gasteiger partial charge in [-0.05, 0) is 34.0 Å². The number of rotatable bonds is 5. The molecule has 2 aromatic rings. The smallest absolute Gasteiger partial charge is 0.233 e. The number of nitrogens with one attached hydrogen (secondary N) is 1. The summed E-state index contributed by atoms with van der Waals surface area (Å²) >= 11 is 9.05. The molecule has 0 aromatic carbocycles. The highest BCUT2D eigenvalue weighted by molar-refractivity contribution is 9.10. The Bertz CT molecular complexity index is 621. The number of carbonyl (C=O) groups is 1. The molecule has 1 N–H and O–H groups in total. The maximum absolute atomic E-state index is 12.4. The molecule has 5 nitrogen and oxygen atoms in total. The first-order valence-corrected chi connectivity index (χ1v) is 7.66. The van der Waals surface area contributed by atoms with E-state index in [-0.39, 0.29) is 17.0 Å². The molecule has 0 saturated heterocycles. The van der Waals surface area contributed by atoms with Crippen molar-refractivity contribution in [3.05, 3.63) is 46.0 Å². The number of aromatic nitrogens is 3. The Kier molecular flexibility index (Phi) is 5.64. The summed E-state index contributed by atoms with van der Waals surface area (Å²) in [6, 6.07) is 1.90. The number of amides is 1. The molecule has 110 valence electrons. The van der Waals surface area contributed by atoms with Crippen molar-refractivity contribution in [2.24, 2.45) is 0 Å². The highest BCUT2D eigenvalue weighted by Crippen LogP contribution is 2.24.